The van der Waals surface area contributed by atoms with Crippen LogP contribution in [0.3, 0.4) is 0 Å². The third-order valence-corrected chi connectivity index (χ3v) is 15.4. The zero-order chi connectivity index (χ0) is 42.6. The third-order valence-electron chi connectivity index (χ3n) is 15.4. The lowest BCUT2D eigenvalue weighted by Gasteiger charge is -2.63. The summed E-state index contributed by atoms with van der Waals surface area (Å²) in [6, 6.07) is 0. The minimum Gasteiger partial charge on any atom is -0.465 e. The SMILES string of the molecule is CCOC(=O)CN(CCO[C@@]1(C(F)(F)F)O[C@@H]2O[C@@]3(C)CC[C@H]4[C@H](C)CC[C@@H]([C@H]1C)[C@@]24OO3)CCO[C@@]1(C(F)(F)F)O[C@@H]2O[C@]3(C)CC[C@H]4[C@H](C)CC[C@@H]([C@H]1C)[C@@]24OO3. The minimum absolute atomic E-state index is 0.00837. The van der Waals surface area contributed by atoms with Crippen molar-refractivity contribution >= 4 is 5.97 Å². The fraction of sp³-hybridized carbons (Fsp3) is 0.975. The summed E-state index contributed by atoms with van der Waals surface area (Å²) >= 11 is 0. The molecule has 8 heterocycles. The summed E-state index contributed by atoms with van der Waals surface area (Å²) in [5.41, 5.74) is -2.58. The summed E-state index contributed by atoms with van der Waals surface area (Å²) in [5.74, 6) is -13.9. The van der Waals surface area contributed by atoms with Crippen molar-refractivity contribution in [3.8, 4) is 0 Å². The van der Waals surface area contributed by atoms with Gasteiger partial charge in [-0.25, -0.2) is 19.6 Å². The van der Waals surface area contributed by atoms with Gasteiger partial charge in [-0.3, -0.25) is 9.69 Å². The molecule has 0 aromatic heterocycles. The fourth-order valence-electron chi connectivity index (χ4n) is 12.3. The molecule has 0 unspecified atom stereocenters. The van der Waals surface area contributed by atoms with Crippen molar-refractivity contribution in [1.82, 2.24) is 4.90 Å². The van der Waals surface area contributed by atoms with Crippen LogP contribution in [0.2, 0.25) is 0 Å². The molecule has 16 atom stereocenters. The second kappa shape index (κ2) is 15.1. The number of alkyl halides is 6. The first-order valence-electron chi connectivity index (χ1n) is 21.3. The predicted octanol–water partition coefficient (Wildman–Crippen LogP) is 7.17. The molecule has 8 aliphatic heterocycles. The van der Waals surface area contributed by atoms with E-state index in [1.54, 1.807) is 20.8 Å². The fourth-order valence-corrected chi connectivity index (χ4v) is 12.3. The van der Waals surface area contributed by atoms with Gasteiger partial charge in [0.25, 0.3) is 11.6 Å². The molecule has 0 aromatic rings. The Labute approximate surface area is 340 Å². The van der Waals surface area contributed by atoms with Gasteiger partial charge in [-0.1, -0.05) is 27.7 Å². The van der Waals surface area contributed by atoms with Crippen LogP contribution in [-0.4, -0.2) is 110 Å². The van der Waals surface area contributed by atoms with Gasteiger partial charge in [0.1, 0.15) is 0 Å². The molecule has 0 N–H and O–H groups in total. The first-order valence-corrected chi connectivity index (χ1v) is 21.3. The highest BCUT2D eigenvalue weighted by molar-refractivity contribution is 5.71. The molecule has 10 rings (SSSR count). The van der Waals surface area contributed by atoms with Gasteiger partial charge in [-0.05, 0) is 83.0 Å². The molecule has 0 radical (unpaired) electrons. The summed E-state index contributed by atoms with van der Waals surface area (Å²) in [6.45, 7) is 9.35. The molecule has 4 bridgehead atoms. The first-order chi connectivity index (χ1) is 27.6. The third kappa shape index (κ3) is 6.80. The van der Waals surface area contributed by atoms with Crippen LogP contribution in [0.15, 0.2) is 0 Å². The van der Waals surface area contributed by atoms with Crippen LogP contribution < -0.4 is 0 Å². The van der Waals surface area contributed by atoms with Gasteiger partial charge in [0, 0.05) is 49.6 Å². The summed E-state index contributed by atoms with van der Waals surface area (Å²) < 4.78 is 134. The maximum Gasteiger partial charge on any atom is 0.443 e. The summed E-state index contributed by atoms with van der Waals surface area (Å²) in [6.07, 6.45) is -8.94. The number of rotatable bonds is 11. The van der Waals surface area contributed by atoms with Crippen molar-refractivity contribution in [2.75, 3.05) is 39.5 Å². The number of fused-ring (bicyclic) bond motifs is 4. The zero-order valence-corrected chi connectivity index (χ0v) is 34.8. The van der Waals surface area contributed by atoms with Crippen LogP contribution in [0.1, 0.15) is 99.8 Å². The Kier molecular flexibility index (Phi) is 11.3. The van der Waals surface area contributed by atoms with E-state index in [9.17, 15) is 4.79 Å². The standard InChI is InChI=1S/C40H59F6NO12/c1-8-49-30(48)21-47(17-19-50-37(39(41,42)43)24(4)28-11-9-22(2)26-13-15-33(6)52-31(54-37)35(26,28)58-56-33)18-20-51-38(40(44,45)46)25(5)29-12-10-23(3)27-14-16-34(7)53-32(55-38)36(27,29)59-57-34/h22-29,31-32H,8-21H2,1-7H3/t22-,23-,24-,25-,26+,27+,28+,29+,31+,32+,33-,34+,35-,36-,37-,38-/m1/s1. The molecule has 0 amide bonds. The molecule has 8 saturated heterocycles. The highest BCUT2D eigenvalue weighted by Crippen LogP contribution is 2.66. The van der Waals surface area contributed by atoms with Crippen molar-refractivity contribution in [1.29, 1.82) is 0 Å². The van der Waals surface area contributed by atoms with E-state index in [2.05, 4.69) is 0 Å². The van der Waals surface area contributed by atoms with Crippen molar-refractivity contribution < 1.29 is 83.8 Å². The van der Waals surface area contributed by atoms with Crippen LogP contribution in [0, 0.1) is 47.3 Å². The molecule has 13 nitrogen and oxygen atoms in total. The number of carbonyl (C=O) groups excluding carboxylic acids is 1. The Balaban J connectivity index is 1.01. The second-order valence-corrected chi connectivity index (χ2v) is 18.7. The Hall–Kier alpha value is -1.39. The van der Waals surface area contributed by atoms with Crippen LogP contribution in [0.25, 0.3) is 0 Å². The number of ether oxygens (including phenoxy) is 7. The molecule has 19 heteroatoms. The lowest BCUT2D eigenvalue weighted by Crippen LogP contribution is -2.76. The van der Waals surface area contributed by atoms with E-state index >= 15 is 26.3 Å². The van der Waals surface area contributed by atoms with E-state index in [4.69, 9.17) is 52.7 Å². The van der Waals surface area contributed by atoms with Gasteiger partial charge < -0.3 is 33.2 Å². The quantitative estimate of drug-likeness (QED) is 0.119. The van der Waals surface area contributed by atoms with Gasteiger partial charge in [0.15, 0.2) is 23.8 Å². The van der Waals surface area contributed by atoms with E-state index < -0.39 is 109 Å². The van der Waals surface area contributed by atoms with Gasteiger partial charge in [0.2, 0.25) is 11.6 Å². The number of hydrogen-bond acceptors (Lipinski definition) is 13. The van der Waals surface area contributed by atoms with Gasteiger partial charge >= 0.3 is 18.3 Å². The van der Waals surface area contributed by atoms with E-state index in [0.717, 1.165) is 0 Å². The molecular formula is C40H59F6NO12. The van der Waals surface area contributed by atoms with Gasteiger partial charge in [-0.15, -0.1) is 0 Å². The molecule has 2 saturated carbocycles. The molecule has 59 heavy (non-hydrogen) atoms. The smallest absolute Gasteiger partial charge is 0.443 e. The lowest BCUT2D eigenvalue weighted by molar-refractivity contribution is -0.599. The summed E-state index contributed by atoms with van der Waals surface area (Å²) in [5, 5.41) is 0. The molecule has 10 fully saturated rings. The van der Waals surface area contributed by atoms with Gasteiger partial charge in [0.05, 0.1) is 26.4 Å². The monoisotopic (exact) mass is 859 g/mol. The summed E-state index contributed by atoms with van der Waals surface area (Å²) in [7, 11) is 0. The Morgan fingerprint density at radius 1 is 0.627 bits per heavy atom. The van der Waals surface area contributed by atoms with Crippen LogP contribution in [0.5, 0.6) is 0 Å². The summed E-state index contributed by atoms with van der Waals surface area (Å²) in [4.78, 5) is 37.7. The van der Waals surface area contributed by atoms with Crippen molar-refractivity contribution in [2.24, 2.45) is 47.3 Å². The Morgan fingerprint density at radius 3 is 1.44 bits per heavy atom. The molecule has 2 spiro atoms. The number of esters is 1. The predicted molar refractivity (Wildman–Crippen MR) is 189 cm³/mol. The first kappa shape index (κ1) is 44.2. The zero-order valence-electron chi connectivity index (χ0n) is 34.8. The van der Waals surface area contributed by atoms with E-state index in [-0.39, 0.29) is 43.4 Å². The van der Waals surface area contributed by atoms with Crippen LogP contribution >= 0.6 is 0 Å². The number of halogens is 6. The van der Waals surface area contributed by atoms with Gasteiger partial charge in [-0.2, -0.15) is 26.3 Å². The number of hydrogen-bond donors (Lipinski definition) is 0. The van der Waals surface area contributed by atoms with E-state index in [1.165, 1.54) is 18.7 Å². The maximum atomic E-state index is 15.5. The molecular weight excluding hydrogens is 800 g/mol. The normalized spacial score (nSPS) is 49.2. The molecule has 10 aliphatic rings. The lowest BCUT2D eigenvalue weighted by atomic mass is 9.57. The van der Waals surface area contributed by atoms with E-state index in [1.807, 2.05) is 13.8 Å². The van der Waals surface area contributed by atoms with Crippen molar-refractivity contribution in [2.45, 2.75) is 159 Å². The largest absolute Gasteiger partial charge is 0.465 e. The Morgan fingerprint density at radius 2 is 1.05 bits per heavy atom. The average molecular weight is 860 g/mol. The van der Waals surface area contributed by atoms with Crippen molar-refractivity contribution in [3.05, 3.63) is 0 Å². The molecule has 0 aromatic carbocycles. The average Bonchev–Trinajstić information content (AvgIpc) is 3.52. The minimum atomic E-state index is -5.05. The highest BCUT2D eigenvalue weighted by Gasteiger charge is 2.79. The van der Waals surface area contributed by atoms with Crippen LogP contribution in [-0.2, 0) is 57.5 Å². The van der Waals surface area contributed by atoms with Crippen molar-refractivity contribution in [3.63, 3.8) is 0 Å². The maximum absolute atomic E-state index is 15.5. The highest BCUT2D eigenvalue weighted by atomic mass is 19.4. The Bertz CT molecular complexity index is 1480. The van der Waals surface area contributed by atoms with Crippen LogP contribution in [0.4, 0.5) is 26.3 Å². The topological polar surface area (TPSA) is 122 Å². The number of nitrogens with zero attached hydrogens (tertiary/aromatic N) is 1. The molecule has 2 aliphatic carbocycles. The molecule has 338 valence electrons. The second-order valence-electron chi connectivity index (χ2n) is 18.7. The number of carbonyl (C=O) groups is 1. The van der Waals surface area contributed by atoms with E-state index in [0.29, 0.717) is 51.4 Å².